The molecule has 1 heterocycles. The van der Waals surface area contributed by atoms with Crippen LogP contribution in [0.15, 0.2) is 48.7 Å². The normalized spacial score (nSPS) is 9.89. The number of H-pyrrole nitrogens is 1. The molecular weight excluding hydrogens is 346 g/mol. The molecule has 0 saturated heterocycles. The number of aryl methyl sites for hydroxylation is 1. The first-order valence-electron chi connectivity index (χ1n) is 8.26. The fourth-order valence-electron chi connectivity index (χ4n) is 2.56. The van der Waals surface area contributed by atoms with Crippen LogP contribution in [-0.2, 0) is 6.54 Å². The van der Waals surface area contributed by atoms with Gasteiger partial charge in [-0.05, 0) is 50.3 Å². The van der Waals surface area contributed by atoms with Crippen LogP contribution in [0.4, 0.5) is 0 Å². The maximum Gasteiger partial charge on any atom is 0.336 e. The summed E-state index contributed by atoms with van der Waals surface area (Å²) < 4.78 is 4.90. The number of carboxylic acid groups (broad SMARTS) is 1. The van der Waals surface area contributed by atoms with E-state index in [-0.39, 0.29) is 5.56 Å². The van der Waals surface area contributed by atoms with Crippen LogP contribution in [0.25, 0.3) is 10.9 Å². The van der Waals surface area contributed by atoms with Gasteiger partial charge in [0.25, 0.3) is 0 Å². The summed E-state index contributed by atoms with van der Waals surface area (Å²) in [4.78, 5) is 16.1. The van der Waals surface area contributed by atoms with Crippen molar-refractivity contribution in [3.05, 3.63) is 65.4 Å². The average Bonchev–Trinajstić information content (AvgIpc) is 3.06. The van der Waals surface area contributed by atoms with Gasteiger partial charge in [0.05, 0.1) is 12.7 Å². The molecule has 0 atom stereocenters. The number of methoxy groups -OCH3 is 1. The topological polar surface area (TPSA) is 112 Å². The first kappa shape index (κ1) is 22.2. The van der Waals surface area contributed by atoms with Gasteiger partial charge in [-0.1, -0.05) is 24.3 Å². The van der Waals surface area contributed by atoms with Gasteiger partial charge in [-0.3, -0.25) is 0 Å². The summed E-state index contributed by atoms with van der Waals surface area (Å²) in [6, 6.07) is 13.4. The molecule has 0 spiro atoms. The Balaban J connectivity index is 0.000000248. The van der Waals surface area contributed by atoms with Crippen molar-refractivity contribution >= 4 is 16.9 Å². The number of ether oxygens (including phenoxy) is 1. The molecule has 27 heavy (non-hydrogen) atoms. The quantitative estimate of drug-likeness (QED) is 0.522. The van der Waals surface area contributed by atoms with Gasteiger partial charge in [-0.15, -0.1) is 0 Å². The second-order valence-electron chi connectivity index (χ2n) is 6.08. The number of para-hydroxylation sites is 1. The van der Waals surface area contributed by atoms with Gasteiger partial charge >= 0.3 is 5.97 Å². The van der Waals surface area contributed by atoms with Gasteiger partial charge in [0.2, 0.25) is 0 Å². The Labute approximate surface area is 158 Å². The summed E-state index contributed by atoms with van der Waals surface area (Å²) in [5, 5.41) is 16.6. The van der Waals surface area contributed by atoms with E-state index in [4.69, 9.17) is 15.1 Å². The number of nitrogens with two attached hydrogens (primary N) is 1. The molecule has 0 unspecified atom stereocenters. The first-order valence-corrected chi connectivity index (χ1v) is 8.26. The number of carboxylic acids is 1. The summed E-state index contributed by atoms with van der Waals surface area (Å²) in [6.45, 7) is 2.74. The highest BCUT2D eigenvalue weighted by Crippen LogP contribution is 2.18. The molecule has 3 aromatic rings. The molecule has 146 valence electrons. The lowest BCUT2D eigenvalue weighted by molar-refractivity contribution is 0.0695. The molecule has 0 bridgehead atoms. The van der Waals surface area contributed by atoms with Crippen LogP contribution in [0, 0.1) is 6.92 Å². The Morgan fingerprint density at radius 2 is 1.85 bits per heavy atom. The molecule has 1 aromatic heterocycles. The van der Waals surface area contributed by atoms with Crippen molar-refractivity contribution in [3.8, 4) is 5.75 Å². The van der Waals surface area contributed by atoms with Gasteiger partial charge < -0.3 is 24.9 Å². The molecule has 0 radical (unpaired) electrons. The zero-order valence-corrected chi connectivity index (χ0v) is 16.1. The van der Waals surface area contributed by atoms with Crippen LogP contribution < -0.4 is 10.6 Å². The third-order valence-corrected chi connectivity index (χ3v) is 3.84. The predicted molar refractivity (Wildman–Crippen MR) is 106 cm³/mol. The minimum atomic E-state index is -0.925. The van der Waals surface area contributed by atoms with Gasteiger partial charge in [0, 0.05) is 23.6 Å². The van der Waals surface area contributed by atoms with Crippen molar-refractivity contribution in [2.24, 2.45) is 5.90 Å². The molecule has 2 aromatic carbocycles. The zero-order valence-electron chi connectivity index (χ0n) is 16.1. The van der Waals surface area contributed by atoms with Crippen LogP contribution >= 0.6 is 0 Å². The summed E-state index contributed by atoms with van der Waals surface area (Å²) in [7, 11) is 5.68. The molecule has 0 amide bonds. The van der Waals surface area contributed by atoms with Crippen LogP contribution in [0.3, 0.4) is 0 Å². The molecule has 5 N–H and O–H groups in total. The molecule has 0 aliphatic rings. The minimum absolute atomic E-state index is 0.286. The predicted octanol–water partition coefficient (Wildman–Crippen LogP) is 3.27. The highest BCUT2D eigenvalue weighted by Gasteiger charge is 2.07. The molecule has 0 saturated carbocycles. The van der Waals surface area contributed by atoms with Gasteiger partial charge in [-0.2, -0.15) is 0 Å². The first-order chi connectivity index (χ1) is 12.9. The number of aromatic carboxylic acids is 1. The molecular formula is C20H27N3O4. The number of fused-ring (bicyclic) bond motifs is 1. The monoisotopic (exact) mass is 373 g/mol. The number of carbonyl (C=O) groups is 1. The Morgan fingerprint density at radius 1 is 1.19 bits per heavy atom. The SMILES string of the molecule is CN(C)Cc1c[nH]c2ccccc12.COc1ccc(C)c(C(=O)O)c1.NO. The summed E-state index contributed by atoms with van der Waals surface area (Å²) in [6.07, 6.45) is 2.09. The van der Waals surface area contributed by atoms with Gasteiger partial charge in [-0.25, -0.2) is 10.7 Å². The number of nitrogens with zero attached hydrogens (tertiary/aromatic N) is 1. The van der Waals surface area contributed by atoms with E-state index in [1.807, 2.05) is 0 Å². The number of nitrogens with one attached hydrogen (secondary N) is 1. The van der Waals surface area contributed by atoms with Crippen molar-refractivity contribution in [2.75, 3.05) is 21.2 Å². The highest BCUT2D eigenvalue weighted by atomic mass is 16.5. The molecule has 3 rings (SSSR count). The number of hydrogen-bond donors (Lipinski definition) is 4. The second kappa shape index (κ2) is 11.0. The van der Waals surface area contributed by atoms with E-state index in [9.17, 15) is 4.79 Å². The van der Waals surface area contributed by atoms with Crippen LogP contribution in [0.5, 0.6) is 5.75 Å². The van der Waals surface area contributed by atoms with Crippen molar-refractivity contribution in [3.63, 3.8) is 0 Å². The molecule has 0 fully saturated rings. The van der Waals surface area contributed by atoms with Crippen molar-refractivity contribution in [2.45, 2.75) is 13.5 Å². The van der Waals surface area contributed by atoms with Crippen LogP contribution in [0.1, 0.15) is 21.5 Å². The second-order valence-corrected chi connectivity index (χ2v) is 6.08. The Hall–Kier alpha value is -2.87. The number of rotatable bonds is 4. The third-order valence-electron chi connectivity index (χ3n) is 3.84. The smallest absolute Gasteiger partial charge is 0.336 e. The molecule has 0 aliphatic carbocycles. The fourth-order valence-corrected chi connectivity index (χ4v) is 2.56. The largest absolute Gasteiger partial charge is 0.497 e. The maximum absolute atomic E-state index is 10.6. The average molecular weight is 373 g/mol. The van der Waals surface area contributed by atoms with Gasteiger partial charge in [0.15, 0.2) is 0 Å². The van der Waals surface area contributed by atoms with E-state index >= 15 is 0 Å². The van der Waals surface area contributed by atoms with Crippen LogP contribution in [-0.4, -0.2) is 47.4 Å². The highest BCUT2D eigenvalue weighted by molar-refractivity contribution is 5.89. The number of aromatic amines is 1. The standard InChI is InChI=1S/C11H14N2.C9H10O3.H3NO/c1-13(2)8-9-7-12-11-6-4-3-5-10(9)11;1-6-3-4-7(12-2)5-8(6)9(10)11;1-2/h3-7,12H,8H2,1-2H3;3-5H,1-2H3,(H,10,11);2H,1H2. The molecule has 7 heteroatoms. The summed E-state index contributed by atoms with van der Waals surface area (Å²) >= 11 is 0. The fraction of sp³-hybridized carbons (Fsp3) is 0.250. The number of benzene rings is 2. The molecule has 7 nitrogen and oxygen atoms in total. The van der Waals surface area contributed by atoms with E-state index in [0.717, 1.165) is 12.1 Å². The van der Waals surface area contributed by atoms with Crippen molar-refractivity contribution in [1.29, 1.82) is 0 Å². The Morgan fingerprint density at radius 3 is 2.44 bits per heavy atom. The number of aromatic nitrogens is 1. The summed E-state index contributed by atoms with van der Waals surface area (Å²) in [5.74, 6) is 3.14. The lowest BCUT2D eigenvalue weighted by atomic mass is 10.1. The van der Waals surface area contributed by atoms with Crippen molar-refractivity contribution in [1.82, 2.24) is 9.88 Å². The van der Waals surface area contributed by atoms with Gasteiger partial charge in [0.1, 0.15) is 5.75 Å². The lowest BCUT2D eigenvalue weighted by Gasteiger charge is -2.07. The Kier molecular flexibility index (Phi) is 9.01. The van der Waals surface area contributed by atoms with E-state index in [2.05, 4.69) is 60.3 Å². The van der Waals surface area contributed by atoms with Crippen LogP contribution in [0.2, 0.25) is 0 Å². The van der Waals surface area contributed by atoms with E-state index in [1.54, 1.807) is 19.1 Å². The third kappa shape index (κ3) is 6.41. The summed E-state index contributed by atoms with van der Waals surface area (Å²) in [5.41, 5.74) is 3.61. The Bertz CT molecular complexity index is 859. The number of hydrogen-bond acceptors (Lipinski definition) is 5. The van der Waals surface area contributed by atoms with Crippen molar-refractivity contribution < 1.29 is 19.8 Å². The van der Waals surface area contributed by atoms with E-state index in [0.29, 0.717) is 5.75 Å². The molecule has 0 aliphatic heterocycles. The zero-order chi connectivity index (χ0) is 20.4. The van der Waals surface area contributed by atoms with E-state index in [1.165, 1.54) is 29.6 Å². The lowest BCUT2D eigenvalue weighted by Crippen LogP contribution is -2.09. The minimum Gasteiger partial charge on any atom is -0.497 e. The van der Waals surface area contributed by atoms with E-state index < -0.39 is 5.97 Å². The maximum atomic E-state index is 10.6.